The molecule has 0 aliphatic rings. The molecule has 1 aromatic carbocycles. The van der Waals surface area contributed by atoms with Crippen LogP contribution in [0.25, 0.3) is 0 Å². The molecular weight excluding hydrogens is 308 g/mol. The summed E-state index contributed by atoms with van der Waals surface area (Å²) in [7, 11) is 1.77. The lowest BCUT2D eigenvalue weighted by molar-refractivity contribution is -0.133. The summed E-state index contributed by atoms with van der Waals surface area (Å²) >= 11 is 3.36. The number of hydrogen-bond acceptors (Lipinski definition) is 3. The number of carbonyl (C=O) groups is 1. The molecule has 0 saturated carbocycles. The van der Waals surface area contributed by atoms with Crippen molar-refractivity contribution < 1.29 is 9.53 Å². The lowest BCUT2D eigenvalue weighted by atomic mass is 9.93. The van der Waals surface area contributed by atoms with Crippen LogP contribution in [0.1, 0.15) is 13.8 Å². The molecule has 0 aliphatic carbocycles. The highest BCUT2D eigenvalue weighted by Crippen LogP contribution is 2.18. The molecule has 106 valence electrons. The number of hydrogen-bond donors (Lipinski definition) is 1. The zero-order valence-corrected chi connectivity index (χ0v) is 13.2. The first kappa shape index (κ1) is 16.0. The molecule has 5 heteroatoms. The Kier molecular flexibility index (Phi) is 5.82. The van der Waals surface area contributed by atoms with Crippen LogP contribution in [-0.4, -0.2) is 37.6 Å². The van der Waals surface area contributed by atoms with Crippen molar-refractivity contribution >= 4 is 21.8 Å². The van der Waals surface area contributed by atoms with Gasteiger partial charge < -0.3 is 15.4 Å². The fourth-order valence-electron chi connectivity index (χ4n) is 1.61. The van der Waals surface area contributed by atoms with Crippen molar-refractivity contribution in [1.82, 2.24) is 4.90 Å². The maximum atomic E-state index is 11.9. The molecule has 1 aromatic rings. The average Bonchev–Trinajstić information content (AvgIpc) is 2.35. The van der Waals surface area contributed by atoms with Crippen LogP contribution in [0.4, 0.5) is 0 Å². The second-order valence-corrected chi connectivity index (χ2v) is 6.28. The van der Waals surface area contributed by atoms with Crippen molar-refractivity contribution in [3.05, 3.63) is 28.7 Å². The van der Waals surface area contributed by atoms with Crippen LogP contribution < -0.4 is 10.5 Å². The highest BCUT2D eigenvalue weighted by atomic mass is 79.9. The van der Waals surface area contributed by atoms with Gasteiger partial charge in [-0.3, -0.25) is 4.79 Å². The lowest BCUT2D eigenvalue weighted by Crippen LogP contribution is -2.41. The van der Waals surface area contributed by atoms with E-state index >= 15 is 0 Å². The minimum Gasteiger partial charge on any atom is -0.484 e. The molecule has 0 atom stereocenters. The van der Waals surface area contributed by atoms with E-state index < -0.39 is 0 Å². The molecule has 0 fully saturated rings. The summed E-state index contributed by atoms with van der Waals surface area (Å²) in [5, 5.41) is 0. The number of nitrogens with zero attached hydrogens (tertiary/aromatic N) is 1. The standard InChI is InChI=1S/C14H21BrN2O2/c1-14(2,9-16)10-17(3)13(18)8-19-12-6-4-5-11(15)7-12/h4-7H,8-10,16H2,1-3H3. The monoisotopic (exact) mass is 328 g/mol. The maximum Gasteiger partial charge on any atom is 0.260 e. The van der Waals surface area contributed by atoms with Gasteiger partial charge in [0.05, 0.1) is 0 Å². The molecular formula is C14H21BrN2O2. The van der Waals surface area contributed by atoms with Crippen molar-refractivity contribution in [1.29, 1.82) is 0 Å². The van der Waals surface area contributed by atoms with Gasteiger partial charge in [-0.15, -0.1) is 0 Å². The summed E-state index contributed by atoms with van der Waals surface area (Å²) in [4.78, 5) is 13.6. The molecule has 0 bridgehead atoms. The molecule has 0 unspecified atom stereocenters. The van der Waals surface area contributed by atoms with Crippen LogP contribution in [0.5, 0.6) is 5.75 Å². The molecule has 0 radical (unpaired) electrons. The summed E-state index contributed by atoms with van der Waals surface area (Å²) in [6, 6.07) is 7.43. The van der Waals surface area contributed by atoms with Crippen molar-refractivity contribution in [2.45, 2.75) is 13.8 Å². The minimum atomic E-state index is -0.0831. The number of carbonyl (C=O) groups excluding carboxylic acids is 1. The SMILES string of the molecule is CN(CC(C)(C)CN)C(=O)COc1cccc(Br)c1. The highest BCUT2D eigenvalue weighted by Gasteiger charge is 2.21. The van der Waals surface area contributed by atoms with Crippen LogP contribution >= 0.6 is 15.9 Å². The number of benzene rings is 1. The van der Waals surface area contributed by atoms with Gasteiger partial charge in [-0.25, -0.2) is 0 Å². The summed E-state index contributed by atoms with van der Waals surface area (Å²) in [6.45, 7) is 5.26. The molecule has 1 rings (SSSR count). The first-order valence-electron chi connectivity index (χ1n) is 6.16. The Morgan fingerprint density at radius 3 is 2.74 bits per heavy atom. The Hall–Kier alpha value is -1.07. The molecule has 0 aromatic heterocycles. The Bertz CT molecular complexity index is 435. The molecule has 0 spiro atoms. The first-order chi connectivity index (χ1) is 8.84. The van der Waals surface area contributed by atoms with Crippen molar-refractivity contribution in [3.63, 3.8) is 0 Å². The second-order valence-electron chi connectivity index (χ2n) is 5.36. The van der Waals surface area contributed by atoms with Gasteiger partial charge in [0.15, 0.2) is 6.61 Å². The smallest absolute Gasteiger partial charge is 0.260 e. The summed E-state index contributed by atoms with van der Waals surface area (Å²) < 4.78 is 6.39. The average molecular weight is 329 g/mol. The molecule has 0 saturated heterocycles. The summed E-state index contributed by atoms with van der Waals surface area (Å²) in [5.74, 6) is 0.621. The van der Waals surface area contributed by atoms with Gasteiger partial charge in [-0.05, 0) is 30.2 Å². The van der Waals surface area contributed by atoms with E-state index in [0.29, 0.717) is 18.8 Å². The fourth-order valence-corrected chi connectivity index (χ4v) is 1.99. The van der Waals surface area contributed by atoms with E-state index in [4.69, 9.17) is 10.5 Å². The van der Waals surface area contributed by atoms with E-state index in [2.05, 4.69) is 15.9 Å². The summed E-state index contributed by atoms with van der Waals surface area (Å²) in [5.41, 5.74) is 5.58. The zero-order valence-electron chi connectivity index (χ0n) is 11.6. The number of amides is 1. The number of rotatable bonds is 6. The van der Waals surface area contributed by atoms with E-state index in [1.807, 2.05) is 38.1 Å². The first-order valence-corrected chi connectivity index (χ1v) is 6.96. The van der Waals surface area contributed by atoms with Gasteiger partial charge in [-0.2, -0.15) is 0 Å². The van der Waals surface area contributed by atoms with Gasteiger partial charge in [0.2, 0.25) is 0 Å². The van der Waals surface area contributed by atoms with Gasteiger partial charge in [0.1, 0.15) is 5.75 Å². The lowest BCUT2D eigenvalue weighted by Gasteiger charge is -2.29. The van der Waals surface area contributed by atoms with Crippen molar-refractivity contribution in [3.8, 4) is 5.75 Å². The van der Waals surface area contributed by atoms with Gasteiger partial charge in [-0.1, -0.05) is 35.8 Å². The normalized spacial score (nSPS) is 11.2. The van der Waals surface area contributed by atoms with Crippen LogP contribution in [0, 0.1) is 5.41 Å². The van der Waals surface area contributed by atoms with Crippen molar-refractivity contribution in [2.75, 3.05) is 26.7 Å². The molecule has 0 heterocycles. The number of likely N-dealkylation sites (N-methyl/N-ethyl adjacent to an activating group) is 1. The maximum absolute atomic E-state index is 11.9. The summed E-state index contributed by atoms with van der Waals surface area (Å²) in [6.07, 6.45) is 0. The van der Waals surface area contributed by atoms with E-state index in [1.54, 1.807) is 11.9 Å². The zero-order chi connectivity index (χ0) is 14.5. The molecule has 2 N–H and O–H groups in total. The Balaban J connectivity index is 2.47. The number of nitrogens with two attached hydrogens (primary N) is 1. The van der Waals surface area contributed by atoms with Gasteiger partial charge in [0.25, 0.3) is 5.91 Å². The van der Waals surface area contributed by atoms with Gasteiger partial charge >= 0.3 is 0 Å². The predicted molar refractivity (Wildman–Crippen MR) is 80.1 cm³/mol. The second kappa shape index (κ2) is 6.91. The third-order valence-corrected chi connectivity index (χ3v) is 3.30. The quantitative estimate of drug-likeness (QED) is 0.871. The largest absolute Gasteiger partial charge is 0.484 e. The molecule has 0 aliphatic heterocycles. The van der Waals surface area contributed by atoms with E-state index in [1.165, 1.54) is 0 Å². The van der Waals surface area contributed by atoms with Crippen LogP contribution in [0.2, 0.25) is 0 Å². The van der Waals surface area contributed by atoms with Gasteiger partial charge in [0, 0.05) is 18.1 Å². The Morgan fingerprint density at radius 1 is 1.47 bits per heavy atom. The molecule has 4 nitrogen and oxygen atoms in total. The van der Waals surface area contributed by atoms with E-state index in [0.717, 1.165) is 4.47 Å². The van der Waals surface area contributed by atoms with Crippen LogP contribution in [0.3, 0.4) is 0 Å². The highest BCUT2D eigenvalue weighted by molar-refractivity contribution is 9.10. The topological polar surface area (TPSA) is 55.6 Å². The molecule has 19 heavy (non-hydrogen) atoms. The number of ether oxygens (including phenoxy) is 1. The Labute approximate surface area is 123 Å². The van der Waals surface area contributed by atoms with E-state index in [-0.39, 0.29) is 17.9 Å². The van der Waals surface area contributed by atoms with E-state index in [9.17, 15) is 4.79 Å². The minimum absolute atomic E-state index is 0.0353. The van der Waals surface area contributed by atoms with Crippen LogP contribution in [-0.2, 0) is 4.79 Å². The van der Waals surface area contributed by atoms with Crippen molar-refractivity contribution in [2.24, 2.45) is 11.1 Å². The third-order valence-electron chi connectivity index (χ3n) is 2.80. The predicted octanol–water partition coefficient (Wildman–Crippen LogP) is 2.27. The number of halogens is 1. The van der Waals surface area contributed by atoms with Crippen LogP contribution in [0.15, 0.2) is 28.7 Å². The third kappa shape index (κ3) is 5.61. The Morgan fingerprint density at radius 2 is 2.16 bits per heavy atom. The fraction of sp³-hybridized carbons (Fsp3) is 0.500. The molecule has 1 amide bonds.